The molecule has 0 aromatic heterocycles. The maximum Gasteiger partial charge on any atom is 0.331 e. The van der Waals surface area contributed by atoms with Crippen LogP contribution in [0.1, 0.15) is 5.56 Å². The molecule has 0 spiro atoms. The number of aliphatic hydroxyl groups excluding tert-OH is 4. The normalized spacial score (nSPS) is 26.5. The molecule has 0 radical (unpaired) electrons. The molecule has 168 valence electrons. The van der Waals surface area contributed by atoms with E-state index in [0.29, 0.717) is 5.56 Å². The van der Waals surface area contributed by atoms with Gasteiger partial charge in [-0.3, -0.25) is 0 Å². The number of esters is 1. The Morgan fingerprint density at radius 1 is 1.16 bits per heavy atom. The SMILES string of the molecule is N#CC(=CCOC1OC(CO)C(O)C(O)C1O)COC(=O)C=Cc1ccc(O)c(O)c1. The molecule has 1 aromatic rings. The van der Waals surface area contributed by atoms with E-state index in [2.05, 4.69) is 0 Å². The van der Waals surface area contributed by atoms with E-state index in [4.69, 9.17) is 24.6 Å². The van der Waals surface area contributed by atoms with Crippen LogP contribution < -0.4 is 0 Å². The molecule has 1 aromatic carbocycles. The van der Waals surface area contributed by atoms with Crippen molar-refractivity contribution in [2.24, 2.45) is 0 Å². The second-order valence-corrected chi connectivity index (χ2v) is 6.56. The average molecular weight is 437 g/mol. The number of phenols is 2. The van der Waals surface area contributed by atoms with Gasteiger partial charge in [0, 0.05) is 6.08 Å². The fourth-order valence-electron chi connectivity index (χ4n) is 2.59. The van der Waals surface area contributed by atoms with Crippen LogP contribution in [0, 0.1) is 11.3 Å². The van der Waals surface area contributed by atoms with Gasteiger partial charge in [0.25, 0.3) is 0 Å². The van der Waals surface area contributed by atoms with Crippen molar-refractivity contribution in [2.45, 2.75) is 30.7 Å². The number of nitriles is 1. The summed E-state index contributed by atoms with van der Waals surface area (Å²) in [6.45, 7) is -1.21. The van der Waals surface area contributed by atoms with Crippen LogP contribution in [0.25, 0.3) is 6.08 Å². The summed E-state index contributed by atoms with van der Waals surface area (Å²) in [4.78, 5) is 11.8. The molecule has 2 rings (SSSR count). The summed E-state index contributed by atoms with van der Waals surface area (Å²) in [5.74, 6) is -1.40. The van der Waals surface area contributed by atoms with Crippen LogP contribution in [0.3, 0.4) is 0 Å². The van der Waals surface area contributed by atoms with Gasteiger partial charge in [-0.2, -0.15) is 5.26 Å². The molecule has 0 amide bonds. The molecule has 11 nitrogen and oxygen atoms in total. The molecular formula is C20H23NO10. The molecule has 1 aliphatic heterocycles. The van der Waals surface area contributed by atoms with Gasteiger partial charge < -0.3 is 44.8 Å². The van der Waals surface area contributed by atoms with Crippen molar-refractivity contribution in [3.63, 3.8) is 0 Å². The lowest BCUT2D eigenvalue weighted by Gasteiger charge is -2.39. The number of hydrogen-bond acceptors (Lipinski definition) is 11. The number of carbonyl (C=O) groups excluding carboxylic acids is 1. The Bertz CT molecular complexity index is 860. The van der Waals surface area contributed by atoms with Gasteiger partial charge in [-0.15, -0.1) is 0 Å². The van der Waals surface area contributed by atoms with Crippen molar-refractivity contribution in [1.29, 1.82) is 5.26 Å². The Balaban J connectivity index is 1.84. The fourth-order valence-corrected chi connectivity index (χ4v) is 2.59. The first kappa shape index (κ1) is 24.3. The Morgan fingerprint density at radius 3 is 2.55 bits per heavy atom. The molecular weight excluding hydrogens is 414 g/mol. The third-order valence-electron chi connectivity index (χ3n) is 4.36. The summed E-state index contributed by atoms with van der Waals surface area (Å²) >= 11 is 0. The number of nitrogens with zero attached hydrogens (tertiary/aromatic N) is 1. The van der Waals surface area contributed by atoms with E-state index in [9.17, 15) is 30.3 Å². The predicted octanol–water partition coefficient (Wildman–Crippen LogP) is -1.08. The summed E-state index contributed by atoms with van der Waals surface area (Å²) in [6.07, 6.45) is -3.44. The van der Waals surface area contributed by atoms with Gasteiger partial charge in [0.15, 0.2) is 17.8 Å². The number of aromatic hydroxyl groups is 2. The van der Waals surface area contributed by atoms with Crippen LogP contribution >= 0.6 is 0 Å². The average Bonchev–Trinajstić information content (AvgIpc) is 2.76. The zero-order valence-corrected chi connectivity index (χ0v) is 16.2. The molecule has 0 aliphatic carbocycles. The molecule has 5 unspecified atom stereocenters. The molecule has 1 fully saturated rings. The highest BCUT2D eigenvalue weighted by Crippen LogP contribution is 2.25. The van der Waals surface area contributed by atoms with Gasteiger partial charge in [-0.25, -0.2) is 4.79 Å². The first-order valence-electron chi connectivity index (χ1n) is 9.15. The van der Waals surface area contributed by atoms with Crippen molar-refractivity contribution < 1.29 is 49.6 Å². The minimum Gasteiger partial charge on any atom is -0.504 e. The number of benzene rings is 1. The van der Waals surface area contributed by atoms with Crippen LogP contribution in [0.2, 0.25) is 0 Å². The van der Waals surface area contributed by atoms with Crippen molar-refractivity contribution in [1.82, 2.24) is 0 Å². The molecule has 1 saturated heterocycles. The molecule has 5 atom stereocenters. The van der Waals surface area contributed by atoms with E-state index in [1.165, 1.54) is 30.4 Å². The molecule has 6 N–H and O–H groups in total. The summed E-state index contributed by atoms with van der Waals surface area (Å²) in [5.41, 5.74) is 0.477. The molecule has 1 heterocycles. The number of aliphatic hydroxyl groups is 4. The number of hydrogen-bond donors (Lipinski definition) is 6. The zero-order chi connectivity index (χ0) is 23.0. The highest BCUT2D eigenvalue weighted by Gasteiger charge is 2.43. The van der Waals surface area contributed by atoms with Crippen molar-refractivity contribution in [3.05, 3.63) is 41.5 Å². The summed E-state index contributed by atoms with van der Waals surface area (Å²) in [7, 11) is 0. The lowest BCUT2D eigenvalue weighted by atomic mass is 9.99. The number of rotatable bonds is 8. The first-order valence-corrected chi connectivity index (χ1v) is 9.15. The van der Waals surface area contributed by atoms with E-state index >= 15 is 0 Å². The lowest BCUT2D eigenvalue weighted by Crippen LogP contribution is -2.59. The van der Waals surface area contributed by atoms with Gasteiger partial charge >= 0.3 is 5.97 Å². The largest absolute Gasteiger partial charge is 0.504 e. The van der Waals surface area contributed by atoms with Crippen LogP contribution in [0.4, 0.5) is 0 Å². The number of ether oxygens (including phenoxy) is 3. The molecule has 0 saturated carbocycles. The number of phenolic OH excluding ortho intramolecular Hbond substituents is 2. The maximum atomic E-state index is 11.8. The van der Waals surface area contributed by atoms with Crippen LogP contribution in [0.5, 0.6) is 11.5 Å². The zero-order valence-electron chi connectivity index (χ0n) is 16.2. The second kappa shape index (κ2) is 11.4. The third-order valence-corrected chi connectivity index (χ3v) is 4.36. The quantitative estimate of drug-likeness (QED) is 0.126. The third kappa shape index (κ3) is 6.76. The maximum absolute atomic E-state index is 11.8. The van der Waals surface area contributed by atoms with Gasteiger partial charge in [0.2, 0.25) is 0 Å². The van der Waals surface area contributed by atoms with Gasteiger partial charge in [-0.1, -0.05) is 6.07 Å². The molecule has 11 heteroatoms. The summed E-state index contributed by atoms with van der Waals surface area (Å²) in [5, 5.41) is 66.2. The standard InChI is InChI=1S/C20H23NO10/c21-8-12(5-6-29-20-19(28)18(27)17(26)15(9-22)31-20)10-30-16(25)4-2-11-1-3-13(23)14(24)7-11/h1-5,7,15,17-20,22-24,26-28H,6,9-10H2. The van der Waals surface area contributed by atoms with Crippen molar-refractivity contribution in [3.8, 4) is 17.6 Å². The van der Waals surface area contributed by atoms with Gasteiger partial charge in [-0.05, 0) is 29.8 Å². The monoisotopic (exact) mass is 437 g/mol. The minimum atomic E-state index is -1.58. The van der Waals surface area contributed by atoms with E-state index in [0.717, 1.165) is 6.08 Å². The van der Waals surface area contributed by atoms with E-state index in [-0.39, 0.29) is 30.3 Å². The summed E-state index contributed by atoms with van der Waals surface area (Å²) < 4.78 is 15.3. The number of carbonyl (C=O) groups is 1. The first-order chi connectivity index (χ1) is 14.8. The van der Waals surface area contributed by atoms with Crippen LogP contribution in [-0.2, 0) is 19.0 Å². The van der Waals surface area contributed by atoms with Gasteiger partial charge in [0.1, 0.15) is 31.0 Å². The topological polar surface area (TPSA) is 190 Å². The fraction of sp³-hybridized carbons (Fsp3) is 0.400. The smallest absolute Gasteiger partial charge is 0.331 e. The predicted molar refractivity (Wildman–Crippen MR) is 103 cm³/mol. The highest BCUT2D eigenvalue weighted by molar-refractivity contribution is 5.87. The Morgan fingerprint density at radius 2 is 1.90 bits per heavy atom. The lowest BCUT2D eigenvalue weighted by molar-refractivity contribution is -0.298. The highest BCUT2D eigenvalue weighted by atomic mass is 16.7. The van der Waals surface area contributed by atoms with Crippen molar-refractivity contribution in [2.75, 3.05) is 19.8 Å². The van der Waals surface area contributed by atoms with E-state index in [1.54, 1.807) is 0 Å². The van der Waals surface area contributed by atoms with Crippen LogP contribution in [0.15, 0.2) is 35.9 Å². The van der Waals surface area contributed by atoms with Crippen molar-refractivity contribution >= 4 is 12.0 Å². The second-order valence-electron chi connectivity index (χ2n) is 6.56. The Labute approximate surface area is 177 Å². The van der Waals surface area contributed by atoms with Crippen LogP contribution in [-0.4, -0.2) is 87.1 Å². The molecule has 1 aliphatic rings. The van der Waals surface area contributed by atoms with E-state index in [1.807, 2.05) is 6.07 Å². The minimum absolute atomic E-state index is 0.0358. The molecule has 31 heavy (non-hydrogen) atoms. The molecule has 0 bridgehead atoms. The van der Waals surface area contributed by atoms with Gasteiger partial charge in [0.05, 0.1) is 24.9 Å². The Hall–Kier alpha value is -2.98. The Kier molecular flexibility index (Phi) is 8.95. The summed E-state index contributed by atoms with van der Waals surface area (Å²) in [6, 6.07) is 5.79. The van der Waals surface area contributed by atoms with E-state index < -0.39 is 43.3 Å².